The first-order valence-electron chi connectivity index (χ1n) is 8.55. The van der Waals surface area contributed by atoms with Crippen LogP contribution in [-0.4, -0.2) is 42.1 Å². The Kier molecular flexibility index (Phi) is 5.49. The van der Waals surface area contributed by atoms with Crippen molar-refractivity contribution in [3.63, 3.8) is 0 Å². The topological polar surface area (TPSA) is 82.0 Å². The number of nitrogens with one attached hydrogen (secondary N) is 1. The number of nitrogens with zero attached hydrogens (tertiary/aromatic N) is 2. The fourth-order valence-corrected chi connectivity index (χ4v) is 3.17. The van der Waals surface area contributed by atoms with Crippen LogP contribution in [-0.2, 0) is 17.2 Å². The van der Waals surface area contributed by atoms with Crippen molar-refractivity contribution in [1.29, 1.82) is 0 Å². The Morgan fingerprint density at radius 3 is 2.61 bits per heavy atom. The van der Waals surface area contributed by atoms with Gasteiger partial charge in [-0.25, -0.2) is 4.39 Å². The summed E-state index contributed by atoms with van der Waals surface area (Å²) in [6.07, 6.45) is 1.10. The lowest BCUT2D eigenvalue weighted by Gasteiger charge is -2.32. The largest absolute Gasteiger partial charge is 0.357 e. The van der Waals surface area contributed by atoms with Gasteiger partial charge >= 0.3 is 0 Å². The maximum absolute atomic E-state index is 15.3. The number of fused-ring (bicyclic) bond motifs is 1. The molecule has 0 fully saturated rings. The zero-order valence-electron chi connectivity index (χ0n) is 15.3. The molecule has 0 bridgehead atoms. The molecule has 2 amide bonds. The zero-order chi connectivity index (χ0) is 20.5. The van der Waals surface area contributed by atoms with Gasteiger partial charge in [0.05, 0.1) is 5.69 Å². The van der Waals surface area contributed by atoms with Crippen LogP contribution >= 0.6 is 11.6 Å². The molecule has 0 saturated carbocycles. The molecule has 2 aromatic rings. The predicted molar refractivity (Wildman–Crippen MR) is 104 cm³/mol. The van der Waals surface area contributed by atoms with Crippen LogP contribution < -0.4 is 5.32 Å². The summed E-state index contributed by atoms with van der Waals surface area (Å²) in [4.78, 5) is 30.0. The Hall–Kier alpha value is -2.77. The van der Waals surface area contributed by atoms with E-state index < -0.39 is 23.6 Å². The molecule has 0 spiro atoms. The highest BCUT2D eigenvalue weighted by molar-refractivity contribution is 6.30. The van der Waals surface area contributed by atoms with Gasteiger partial charge in [-0.15, -0.1) is 0 Å². The standard InChI is InChI=1S/C20H19ClFN3O3/c1-23-18(26)13-5-8-17-15(9-13)20(22,28)16(10-24-17)19(27)25(2)11-12-3-6-14(21)7-4-12/h3-10,16,28H,11H2,1-2H3,(H,23,26). The number of alkyl halides is 1. The van der Waals surface area contributed by atoms with E-state index in [2.05, 4.69) is 10.3 Å². The number of aliphatic hydroxyl groups is 1. The van der Waals surface area contributed by atoms with Gasteiger partial charge in [0.25, 0.3) is 11.8 Å². The molecule has 28 heavy (non-hydrogen) atoms. The minimum absolute atomic E-state index is 0.162. The van der Waals surface area contributed by atoms with Gasteiger partial charge in [0.2, 0.25) is 5.91 Å². The molecule has 0 aliphatic carbocycles. The molecule has 2 N–H and O–H groups in total. The van der Waals surface area contributed by atoms with Crippen molar-refractivity contribution in [2.45, 2.75) is 12.4 Å². The minimum atomic E-state index is -2.99. The second-order valence-electron chi connectivity index (χ2n) is 6.56. The van der Waals surface area contributed by atoms with Gasteiger partial charge in [-0.05, 0) is 35.9 Å². The van der Waals surface area contributed by atoms with E-state index in [-0.39, 0.29) is 23.4 Å². The third-order valence-electron chi connectivity index (χ3n) is 4.61. The first kappa shape index (κ1) is 20.0. The van der Waals surface area contributed by atoms with Gasteiger partial charge in [0.15, 0.2) is 0 Å². The number of halogens is 2. The van der Waals surface area contributed by atoms with Crippen LogP contribution in [0.4, 0.5) is 10.1 Å². The highest BCUT2D eigenvalue weighted by Gasteiger charge is 2.47. The highest BCUT2D eigenvalue weighted by atomic mass is 35.5. The molecular weight excluding hydrogens is 385 g/mol. The van der Waals surface area contributed by atoms with Crippen LogP contribution in [0.25, 0.3) is 0 Å². The SMILES string of the molecule is CNC(=O)c1ccc2c(c1)C(O)(F)C(C(=O)N(C)Cc1ccc(Cl)cc1)C=N2. The van der Waals surface area contributed by atoms with Crippen molar-refractivity contribution in [2.75, 3.05) is 14.1 Å². The van der Waals surface area contributed by atoms with Crippen LogP contribution in [0, 0.1) is 5.92 Å². The molecule has 1 aliphatic rings. The monoisotopic (exact) mass is 403 g/mol. The molecule has 2 unspecified atom stereocenters. The Morgan fingerprint density at radius 1 is 1.29 bits per heavy atom. The maximum atomic E-state index is 15.3. The lowest BCUT2D eigenvalue weighted by molar-refractivity contribution is -0.160. The van der Waals surface area contributed by atoms with Crippen molar-refractivity contribution in [3.05, 3.63) is 64.2 Å². The molecule has 146 valence electrons. The van der Waals surface area contributed by atoms with E-state index in [0.29, 0.717) is 5.02 Å². The van der Waals surface area contributed by atoms with E-state index >= 15 is 4.39 Å². The van der Waals surface area contributed by atoms with Gasteiger partial charge in [-0.3, -0.25) is 14.6 Å². The quantitative estimate of drug-likeness (QED) is 0.823. The van der Waals surface area contributed by atoms with Gasteiger partial charge in [0.1, 0.15) is 5.92 Å². The predicted octanol–water partition coefficient (Wildman–Crippen LogP) is 2.80. The highest BCUT2D eigenvalue weighted by Crippen LogP contribution is 2.41. The lowest BCUT2D eigenvalue weighted by atomic mass is 9.88. The summed E-state index contributed by atoms with van der Waals surface area (Å²) in [6, 6.07) is 11.0. The summed E-state index contributed by atoms with van der Waals surface area (Å²) in [5.41, 5.74) is 0.921. The van der Waals surface area contributed by atoms with Crippen molar-refractivity contribution in [3.8, 4) is 0 Å². The van der Waals surface area contributed by atoms with Gasteiger partial charge < -0.3 is 15.3 Å². The average Bonchev–Trinajstić information content (AvgIpc) is 2.68. The Morgan fingerprint density at radius 2 is 1.96 bits per heavy atom. The third-order valence-corrected chi connectivity index (χ3v) is 4.87. The van der Waals surface area contributed by atoms with Gasteiger partial charge in [-0.2, -0.15) is 0 Å². The number of carbonyl (C=O) groups is 2. The molecule has 3 rings (SSSR count). The first-order chi connectivity index (χ1) is 13.2. The van der Waals surface area contributed by atoms with Gasteiger partial charge in [0, 0.05) is 43.0 Å². The Balaban J connectivity index is 1.86. The summed E-state index contributed by atoms with van der Waals surface area (Å²) in [5, 5.41) is 13.5. The first-order valence-corrected chi connectivity index (χ1v) is 8.93. The number of aliphatic imine (C=N–C) groups is 1. The van der Waals surface area contributed by atoms with Crippen LogP contribution in [0.5, 0.6) is 0 Å². The van der Waals surface area contributed by atoms with E-state index in [0.717, 1.165) is 11.8 Å². The van der Waals surface area contributed by atoms with E-state index in [9.17, 15) is 14.7 Å². The second kappa shape index (κ2) is 7.69. The van der Waals surface area contributed by atoms with E-state index in [1.54, 1.807) is 24.3 Å². The molecule has 0 aromatic heterocycles. The van der Waals surface area contributed by atoms with E-state index in [4.69, 9.17) is 11.6 Å². The summed E-state index contributed by atoms with van der Waals surface area (Å²) in [6.45, 7) is 0.210. The average molecular weight is 404 g/mol. The Labute approximate surface area is 166 Å². The van der Waals surface area contributed by atoms with Crippen LogP contribution in [0.2, 0.25) is 5.02 Å². The van der Waals surface area contributed by atoms with E-state index in [1.807, 2.05) is 0 Å². The molecule has 2 aromatic carbocycles. The molecule has 1 heterocycles. The molecule has 6 nitrogen and oxygen atoms in total. The second-order valence-corrected chi connectivity index (χ2v) is 7.00. The molecule has 8 heteroatoms. The van der Waals surface area contributed by atoms with Crippen molar-refractivity contribution in [2.24, 2.45) is 10.9 Å². The van der Waals surface area contributed by atoms with Crippen LogP contribution in [0.3, 0.4) is 0 Å². The maximum Gasteiger partial charge on any atom is 0.251 e. The third kappa shape index (κ3) is 3.76. The molecule has 2 atom stereocenters. The Bertz CT molecular complexity index is 944. The van der Waals surface area contributed by atoms with Crippen molar-refractivity contribution >= 4 is 35.3 Å². The summed E-state index contributed by atoms with van der Waals surface area (Å²) in [7, 11) is 2.96. The number of amides is 2. The number of carbonyl (C=O) groups excluding carboxylic acids is 2. The van der Waals surface area contributed by atoms with Crippen LogP contribution in [0.15, 0.2) is 47.5 Å². The van der Waals surface area contributed by atoms with E-state index in [1.165, 1.54) is 37.2 Å². The summed E-state index contributed by atoms with van der Waals surface area (Å²) >= 11 is 5.85. The number of hydrogen-bond donors (Lipinski definition) is 2. The van der Waals surface area contributed by atoms with Crippen LogP contribution in [0.1, 0.15) is 21.5 Å². The number of benzene rings is 2. The number of hydrogen-bond acceptors (Lipinski definition) is 4. The molecule has 1 aliphatic heterocycles. The van der Waals surface area contributed by atoms with Gasteiger partial charge in [-0.1, -0.05) is 23.7 Å². The molecule has 0 saturated heterocycles. The molecular formula is C20H19ClFN3O3. The van der Waals surface area contributed by atoms with Crippen molar-refractivity contribution in [1.82, 2.24) is 10.2 Å². The summed E-state index contributed by atoms with van der Waals surface area (Å²) < 4.78 is 15.3. The minimum Gasteiger partial charge on any atom is -0.357 e. The fraction of sp³-hybridized carbons (Fsp3) is 0.250. The normalized spacial score (nSPS) is 20.4. The fourth-order valence-electron chi connectivity index (χ4n) is 3.04. The summed E-state index contributed by atoms with van der Waals surface area (Å²) in [5.74, 6) is -5.60. The molecule has 0 radical (unpaired) electrons. The zero-order valence-corrected chi connectivity index (χ0v) is 16.1. The number of rotatable bonds is 4. The van der Waals surface area contributed by atoms with Crippen molar-refractivity contribution < 1.29 is 19.1 Å². The smallest absolute Gasteiger partial charge is 0.251 e. The lowest BCUT2D eigenvalue weighted by Crippen LogP contribution is -2.45.